The van der Waals surface area contributed by atoms with Crippen LogP contribution < -0.4 is 10.6 Å². The maximum atomic E-state index is 12.7. The molecule has 0 aliphatic heterocycles. The number of benzene rings is 2. The SMILES string of the molecule is COC(=O)NC(Cc1ccccc1)C(=O)Nc1ccc(Cn2cccn2)cc1. The molecule has 0 aliphatic carbocycles. The summed E-state index contributed by atoms with van der Waals surface area (Å²) in [6.07, 6.45) is 3.34. The second kappa shape index (κ2) is 9.36. The molecule has 0 saturated carbocycles. The Labute approximate surface area is 163 Å². The van der Waals surface area contributed by atoms with E-state index in [1.807, 2.05) is 71.5 Å². The summed E-state index contributed by atoms with van der Waals surface area (Å²) in [6, 6.07) is 18.1. The number of nitrogens with zero attached hydrogens (tertiary/aromatic N) is 2. The minimum atomic E-state index is -0.751. The summed E-state index contributed by atoms with van der Waals surface area (Å²) < 4.78 is 6.47. The van der Waals surface area contributed by atoms with Gasteiger partial charge in [-0.05, 0) is 29.3 Å². The fourth-order valence-electron chi connectivity index (χ4n) is 2.76. The minimum Gasteiger partial charge on any atom is -0.453 e. The first-order valence-electron chi connectivity index (χ1n) is 8.89. The maximum Gasteiger partial charge on any atom is 0.407 e. The van der Waals surface area contributed by atoms with Crippen LogP contribution in [0.4, 0.5) is 10.5 Å². The Morgan fingerprint density at radius 3 is 2.43 bits per heavy atom. The summed E-state index contributed by atoms with van der Waals surface area (Å²) in [6.45, 7) is 0.655. The van der Waals surface area contributed by atoms with Crippen molar-refractivity contribution in [2.75, 3.05) is 12.4 Å². The Morgan fingerprint density at radius 1 is 1.04 bits per heavy atom. The van der Waals surface area contributed by atoms with Gasteiger partial charge in [0.25, 0.3) is 0 Å². The maximum absolute atomic E-state index is 12.7. The summed E-state index contributed by atoms with van der Waals surface area (Å²) in [5.74, 6) is -0.311. The van der Waals surface area contributed by atoms with Crippen molar-refractivity contribution in [2.45, 2.75) is 19.0 Å². The van der Waals surface area contributed by atoms with Gasteiger partial charge in [-0.2, -0.15) is 5.10 Å². The van der Waals surface area contributed by atoms with Crippen LogP contribution >= 0.6 is 0 Å². The number of nitrogens with one attached hydrogen (secondary N) is 2. The Balaban J connectivity index is 1.65. The molecule has 7 heteroatoms. The third-order valence-electron chi connectivity index (χ3n) is 4.20. The number of carbonyl (C=O) groups excluding carboxylic acids is 2. The first kappa shape index (κ1) is 19.2. The Kier molecular flexibility index (Phi) is 6.41. The number of hydrogen-bond donors (Lipinski definition) is 2. The van der Waals surface area contributed by atoms with Crippen LogP contribution in [0.3, 0.4) is 0 Å². The number of rotatable bonds is 7. The van der Waals surface area contributed by atoms with Crippen LogP contribution in [-0.2, 0) is 22.5 Å². The van der Waals surface area contributed by atoms with E-state index in [-0.39, 0.29) is 5.91 Å². The van der Waals surface area contributed by atoms with Crippen molar-refractivity contribution in [3.05, 3.63) is 84.2 Å². The van der Waals surface area contributed by atoms with Gasteiger partial charge in [-0.15, -0.1) is 0 Å². The van der Waals surface area contributed by atoms with Gasteiger partial charge in [0.2, 0.25) is 5.91 Å². The molecule has 2 N–H and O–H groups in total. The zero-order valence-electron chi connectivity index (χ0n) is 15.5. The van der Waals surface area contributed by atoms with Crippen LogP contribution in [0.2, 0.25) is 0 Å². The quantitative estimate of drug-likeness (QED) is 0.662. The van der Waals surface area contributed by atoms with Crippen molar-refractivity contribution in [1.29, 1.82) is 0 Å². The van der Waals surface area contributed by atoms with Gasteiger partial charge in [-0.1, -0.05) is 42.5 Å². The van der Waals surface area contributed by atoms with Crippen molar-refractivity contribution >= 4 is 17.7 Å². The average molecular weight is 378 g/mol. The zero-order chi connectivity index (χ0) is 19.8. The highest BCUT2D eigenvalue weighted by Crippen LogP contribution is 2.12. The predicted molar refractivity (Wildman–Crippen MR) is 106 cm³/mol. The molecule has 1 unspecified atom stereocenters. The normalized spacial score (nSPS) is 11.5. The molecule has 0 saturated heterocycles. The largest absolute Gasteiger partial charge is 0.453 e. The van der Waals surface area contributed by atoms with Gasteiger partial charge in [0, 0.05) is 24.5 Å². The molecule has 1 aromatic heterocycles. The lowest BCUT2D eigenvalue weighted by atomic mass is 10.1. The van der Waals surface area contributed by atoms with Crippen molar-refractivity contribution in [2.24, 2.45) is 0 Å². The highest BCUT2D eigenvalue weighted by Gasteiger charge is 2.21. The lowest BCUT2D eigenvalue weighted by Crippen LogP contribution is -2.45. The molecule has 28 heavy (non-hydrogen) atoms. The summed E-state index contributed by atoms with van der Waals surface area (Å²) in [5.41, 5.74) is 2.66. The van der Waals surface area contributed by atoms with Gasteiger partial charge in [0.15, 0.2) is 0 Å². The van der Waals surface area contributed by atoms with E-state index in [0.29, 0.717) is 18.7 Å². The standard InChI is InChI=1S/C21H22N4O3/c1-28-21(27)24-19(14-16-6-3-2-4-7-16)20(26)23-18-10-8-17(9-11-18)15-25-13-5-12-22-25/h2-13,19H,14-15H2,1H3,(H,23,26)(H,24,27). The molecule has 7 nitrogen and oxygen atoms in total. The molecule has 3 aromatic rings. The molecule has 3 rings (SSSR count). The fraction of sp³-hybridized carbons (Fsp3) is 0.190. The lowest BCUT2D eigenvalue weighted by molar-refractivity contribution is -0.118. The minimum absolute atomic E-state index is 0.311. The Bertz CT molecular complexity index is 893. The average Bonchev–Trinajstić information content (AvgIpc) is 3.22. The van der Waals surface area contributed by atoms with Gasteiger partial charge in [0.1, 0.15) is 6.04 Å². The number of amides is 2. The van der Waals surface area contributed by atoms with Crippen LogP contribution in [0.1, 0.15) is 11.1 Å². The monoisotopic (exact) mass is 378 g/mol. The fourth-order valence-corrected chi connectivity index (χ4v) is 2.76. The Hall–Kier alpha value is -3.61. The third-order valence-corrected chi connectivity index (χ3v) is 4.20. The number of carbonyl (C=O) groups is 2. The molecule has 1 atom stereocenters. The predicted octanol–water partition coefficient (Wildman–Crippen LogP) is 2.84. The summed E-state index contributed by atoms with van der Waals surface area (Å²) in [5, 5.41) is 9.61. The van der Waals surface area contributed by atoms with Crippen LogP contribution in [0, 0.1) is 0 Å². The van der Waals surface area contributed by atoms with E-state index in [1.54, 1.807) is 6.20 Å². The van der Waals surface area contributed by atoms with Crippen molar-refractivity contribution in [3.63, 3.8) is 0 Å². The van der Waals surface area contributed by atoms with Crippen LogP contribution in [0.15, 0.2) is 73.1 Å². The third kappa shape index (κ3) is 5.44. The highest BCUT2D eigenvalue weighted by atomic mass is 16.5. The molecular formula is C21H22N4O3. The second-order valence-corrected chi connectivity index (χ2v) is 6.27. The number of aromatic nitrogens is 2. The van der Waals surface area contributed by atoms with E-state index in [1.165, 1.54) is 7.11 Å². The molecule has 0 radical (unpaired) electrons. The van der Waals surface area contributed by atoms with Gasteiger partial charge in [-0.25, -0.2) is 4.79 Å². The van der Waals surface area contributed by atoms with Gasteiger partial charge in [-0.3, -0.25) is 9.48 Å². The molecule has 0 aliphatic rings. The van der Waals surface area contributed by atoms with E-state index < -0.39 is 12.1 Å². The molecule has 2 amide bonds. The zero-order valence-corrected chi connectivity index (χ0v) is 15.5. The van der Waals surface area contributed by atoms with Gasteiger partial charge < -0.3 is 15.4 Å². The summed E-state index contributed by atoms with van der Waals surface area (Å²) >= 11 is 0. The molecule has 0 fully saturated rings. The van der Waals surface area contributed by atoms with Crippen LogP contribution in [0.5, 0.6) is 0 Å². The van der Waals surface area contributed by atoms with Crippen LogP contribution in [-0.4, -0.2) is 34.9 Å². The van der Waals surface area contributed by atoms with E-state index in [2.05, 4.69) is 20.5 Å². The van der Waals surface area contributed by atoms with E-state index in [9.17, 15) is 9.59 Å². The van der Waals surface area contributed by atoms with Gasteiger partial charge >= 0.3 is 6.09 Å². The van der Waals surface area contributed by atoms with Gasteiger partial charge in [0.05, 0.1) is 13.7 Å². The first-order valence-corrected chi connectivity index (χ1v) is 8.89. The number of alkyl carbamates (subject to hydrolysis) is 1. The van der Waals surface area contributed by atoms with Crippen molar-refractivity contribution in [3.8, 4) is 0 Å². The second-order valence-electron chi connectivity index (χ2n) is 6.27. The number of methoxy groups -OCH3 is 1. The summed E-state index contributed by atoms with van der Waals surface area (Å²) in [7, 11) is 1.27. The number of hydrogen-bond acceptors (Lipinski definition) is 4. The molecule has 2 aromatic carbocycles. The molecule has 0 bridgehead atoms. The molecule has 144 valence electrons. The molecule has 1 heterocycles. The van der Waals surface area contributed by atoms with E-state index >= 15 is 0 Å². The summed E-state index contributed by atoms with van der Waals surface area (Å²) in [4.78, 5) is 24.4. The van der Waals surface area contributed by atoms with Crippen molar-refractivity contribution in [1.82, 2.24) is 15.1 Å². The number of ether oxygens (including phenoxy) is 1. The highest BCUT2D eigenvalue weighted by molar-refractivity contribution is 5.96. The molecule has 0 spiro atoms. The smallest absolute Gasteiger partial charge is 0.407 e. The Morgan fingerprint density at radius 2 is 1.79 bits per heavy atom. The number of anilines is 1. The van der Waals surface area contributed by atoms with E-state index in [0.717, 1.165) is 11.1 Å². The first-order chi connectivity index (χ1) is 13.6. The molecular weight excluding hydrogens is 356 g/mol. The van der Waals surface area contributed by atoms with E-state index in [4.69, 9.17) is 0 Å². The lowest BCUT2D eigenvalue weighted by Gasteiger charge is -2.18. The topological polar surface area (TPSA) is 85.2 Å². The van der Waals surface area contributed by atoms with Crippen molar-refractivity contribution < 1.29 is 14.3 Å². The van der Waals surface area contributed by atoms with Crippen LogP contribution in [0.25, 0.3) is 0 Å².